The minimum atomic E-state index is -0.206. The van der Waals surface area contributed by atoms with E-state index >= 15 is 0 Å². The average molecular weight is 296 g/mol. The van der Waals surface area contributed by atoms with Crippen molar-refractivity contribution in [2.24, 2.45) is 0 Å². The molecule has 0 spiro atoms. The predicted octanol–water partition coefficient (Wildman–Crippen LogP) is 3.32. The summed E-state index contributed by atoms with van der Waals surface area (Å²) in [5.74, 6) is 0.976. The molecule has 0 radical (unpaired) electrons. The van der Waals surface area contributed by atoms with Gasteiger partial charge in [0.05, 0.1) is 16.9 Å². The summed E-state index contributed by atoms with van der Waals surface area (Å²) in [5, 5.41) is 0. The van der Waals surface area contributed by atoms with Gasteiger partial charge in [0.25, 0.3) is 0 Å². The molecule has 3 nitrogen and oxygen atoms in total. The Balaban J connectivity index is 1.92. The van der Waals surface area contributed by atoms with E-state index in [0.29, 0.717) is 17.0 Å². The molecule has 0 unspecified atom stereocenters. The summed E-state index contributed by atoms with van der Waals surface area (Å²) in [4.78, 5) is 6.91. The summed E-state index contributed by atoms with van der Waals surface area (Å²) >= 11 is 5.99. The first-order chi connectivity index (χ1) is 9.69. The lowest BCUT2D eigenvalue weighted by atomic mass is 10.2. The van der Waals surface area contributed by atoms with E-state index in [2.05, 4.69) is 14.5 Å². The van der Waals surface area contributed by atoms with E-state index in [1.807, 2.05) is 6.07 Å². The summed E-state index contributed by atoms with van der Waals surface area (Å²) in [6, 6.07) is 3.38. The van der Waals surface area contributed by atoms with Crippen molar-refractivity contribution in [2.75, 3.05) is 19.6 Å². The van der Waals surface area contributed by atoms with Crippen LogP contribution in [0.4, 0.5) is 4.39 Å². The van der Waals surface area contributed by atoms with Gasteiger partial charge in [-0.25, -0.2) is 9.37 Å². The topological polar surface area (TPSA) is 21.1 Å². The molecule has 3 rings (SSSR count). The highest BCUT2D eigenvalue weighted by Crippen LogP contribution is 2.21. The van der Waals surface area contributed by atoms with E-state index in [4.69, 9.17) is 11.6 Å². The van der Waals surface area contributed by atoms with Crippen molar-refractivity contribution in [3.8, 4) is 0 Å². The van der Waals surface area contributed by atoms with Gasteiger partial charge in [0.1, 0.15) is 11.6 Å². The molecule has 0 amide bonds. The highest BCUT2D eigenvalue weighted by atomic mass is 35.5. The van der Waals surface area contributed by atoms with E-state index in [1.165, 1.54) is 32.0 Å². The van der Waals surface area contributed by atoms with Crippen LogP contribution in [0, 0.1) is 12.7 Å². The lowest BCUT2D eigenvalue weighted by molar-refractivity contribution is 0.323. The van der Waals surface area contributed by atoms with E-state index in [-0.39, 0.29) is 5.82 Å². The van der Waals surface area contributed by atoms with Crippen LogP contribution in [0.15, 0.2) is 12.1 Å². The van der Waals surface area contributed by atoms with Crippen LogP contribution in [0.2, 0.25) is 0 Å². The van der Waals surface area contributed by atoms with Crippen LogP contribution in [0.3, 0.4) is 0 Å². The molecule has 1 fully saturated rings. The predicted molar refractivity (Wildman–Crippen MR) is 79.7 cm³/mol. The highest BCUT2D eigenvalue weighted by molar-refractivity contribution is 6.16. The van der Waals surface area contributed by atoms with Gasteiger partial charge in [-0.05, 0) is 44.5 Å². The lowest BCUT2D eigenvalue weighted by Gasteiger charge is -2.16. The summed E-state index contributed by atoms with van der Waals surface area (Å²) in [6.45, 7) is 6.01. The second kappa shape index (κ2) is 5.70. The fourth-order valence-corrected chi connectivity index (χ4v) is 3.10. The number of hydrogen-bond acceptors (Lipinski definition) is 2. The lowest BCUT2D eigenvalue weighted by Crippen LogP contribution is -2.24. The van der Waals surface area contributed by atoms with Crippen LogP contribution >= 0.6 is 11.6 Å². The molecular weight excluding hydrogens is 277 g/mol. The molecule has 0 saturated carbocycles. The Morgan fingerprint density at radius 1 is 1.25 bits per heavy atom. The van der Waals surface area contributed by atoms with Gasteiger partial charge < -0.3 is 9.47 Å². The van der Waals surface area contributed by atoms with Crippen molar-refractivity contribution in [3.05, 3.63) is 29.3 Å². The zero-order valence-corrected chi connectivity index (χ0v) is 12.5. The Bertz CT molecular complexity index is 617. The molecule has 2 heterocycles. The standard InChI is InChI=1S/C15H19ClFN3/c1-11-8-14-13(9-12(11)17)18-15(10-16)20(14)7-6-19-4-2-3-5-19/h8-9H,2-7,10H2,1H3. The number of aryl methyl sites for hydroxylation is 1. The summed E-state index contributed by atoms with van der Waals surface area (Å²) < 4.78 is 15.8. The largest absolute Gasteiger partial charge is 0.326 e. The molecule has 1 aromatic carbocycles. The van der Waals surface area contributed by atoms with Gasteiger partial charge in [-0.1, -0.05) is 0 Å². The molecule has 0 N–H and O–H groups in total. The molecule has 0 aliphatic carbocycles. The molecule has 1 aliphatic heterocycles. The van der Waals surface area contributed by atoms with Crippen LogP contribution in [0.5, 0.6) is 0 Å². The van der Waals surface area contributed by atoms with E-state index in [1.54, 1.807) is 6.92 Å². The maximum atomic E-state index is 13.6. The first kappa shape index (κ1) is 13.8. The quantitative estimate of drug-likeness (QED) is 0.807. The summed E-state index contributed by atoms with van der Waals surface area (Å²) in [7, 11) is 0. The summed E-state index contributed by atoms with van der Waals surface area (Å²) in [6.07, 6.45) is 2.58. The Morgan fingerprint density at radius 2 is 2.00 bits per heavy atom. The van der Waals surface area contributed by atoms with Crippen LogP contribution < -0.4 is 0 Å². The van der Waals surface area contributed by atoms with Gasteiger partial charge >= 0.3 is 0 Å². The highest BCUT2D eigenvalue weighted by Gasteiger charge is 2.15. The third-order valence-electron chi connectivity index (χ3n) is 4.07. The summed E-state index contributed by atoms with van der Waals surface area (Å²) in [5.41, 5.74) is 2.34. The Labute approximate surface area is 123 Å². The van der Waals surface area contributed by atoms with Crippen molar-refractivity contribution in [2.45, 2.75) is 32.2 Å². The third-order valence-corrected chi connectivity index (χ3v) is 4.30. The van der Waals surface area contributed by atoms with E-state index in [9.17, 15) is 4.39 Å². The van der Waals surface area contributed by atoms with Crippen LogP contribution in [0.25, 0.3) is 11.0 Å². The van der Waals surface area contributed by atoms with Crippen molar-refractivity contribution in [1.29, 1.82) is 0 Å². The van der Waals surface area contributed by atoms with Gasteiger partial charge in [-0.2, -0.15) is 0 Å². The van der Waals surface area contributed by atoms with Crippen molar-refractivity contribution < 1.29 is 4.39 Å². The number of nitrogens with zero attached hydrogens (tertiary/aromatic N) is 3. The SMILES string of the molecule is Cc1cc2c(cc1F)nc(CCl)n2CCN1CCCC1. The number of rotatable bonds is 4. The number of halogens is 2. The zero-order valence-electron chi connectivity index (χ0n) is 11.7. The number of benzene rings is 1. The zero-order chi connectivity index (χ0) is 14.1. The van der Waals surface area contributed by atoms with Crippen LogP contribution in [0.1, 0.15) is 24.2 Å². The second-order valence-electron chi connectivity index (χ2n) is 5.45. The number of imidazole rings is 1. The van der Waals surface area contributed by atoms with Gasteiger partial charge in [-0.15, -0.1) is 11.6 Å². The van der Waals surface area contributed by atoms with E-state index < -0.39 is 0 Å². The van der Waals surface area contributed by atoms with Gasteiger partial charge in [-0.3, -0.25) is 0 Å². The Kier molecular flexibility index (Phi) is 3.94. The normalized spacial score (nSPS) is 16.4. The average Bonchev–Trinajstić information content (AvgIpc) is 3.05. The number of likely N-dealkylation sites (tertiary alicyclic amines) is 1. The van der Waals surface area contributed by atoms with Gasteiger partial charge in [0.2, 0.25) is 0 Å². The van der Waals surface area contributed by atoms with Gasteiger partial charge in [0.15, 0.2) is 0 Å². The van der Waals surface area contributed by atoms with Crippen molar-refractivity contribution >= 4 is 22.6 Å². The monoisotopic (exact) mass is 295 g/mol. The number of aromatic nitrogens is 2. The molecule has 2 aromatic rings. The fraction of sp³-hybridized carbons (Fsp3) is 0.533. The van der Waals surface area contributed by atoms with Gasteiger partial charge in [0, 0.05) is 19.2 Å². The first-order valence-corrected chi connectivity index (χ1v) is 7.66. The second-order valence-corrected chi connectivity index (χ2v) is 5.72. The molecule has 5 heteroatoms. The van der Waals surface area contributed by atoms with E-state index in [0.717, 1.165) is 24.4 Å². The minimum Gasteiger partial charge on any atom is -0.326 e. The smallest absolute Gasteiger partial charge is 0.128 e. The Morgan fingerprint density at radius 3 is 2.70 bits per heavy atom. The first-order valence-electron chi connectivity index (χ1n) is 7.12. The minimum absolute atomic E-state index is 0.206. The maximum Gasteiger partial charge on any atom is 0.128 e. The molecular formula is C15H19ClFN3. The number of fused-ring (bicyclic) bond motifs is 1. The molecule has 1 saturated heterocycles. The molecule has 108 valence electrons. The van der Waals surface area contributed by atoms with Crippen molar-refractivity contribution in [1.82, 2.24) is 14.5 Å². The molecule has 20 heavy (non-hydrogen) atoms. The maximum absolute atomic E-state index is 13.6. The number of hydrogen-bond donors (Lipinski definition) is 0. The molecule has 1 aliphatic rings. The third kappa shape index (κ3) is 2.54. The molecule has 1 aromatic heterocycles. The van der Waals surface area contributed by atoms with Crippen LogP contribution in [-0.4, -0.2) is 34.1 Å². The molecule has 0 atom stereocenters. The van der Waals surface area contributed by atoms with Crippen molar-refractivity contribution in [3.63, 3.8) is 0 Å². The number of alkyl halides is 1. The fourth-order valence-electron chi connectivity index (χ4n) is 2.90. The Hall–Kier alpha value is -1.13. The molecule has 0 bridgehead atoms. The van der Waals surface area contributed by atoms with Crippen LogP contribution in [-0.2, 0) is 12.4 Å².